The van der Waals surface area contributed by atoms with Gasteiger partial charge in [0.15, 0.2) is 8.32 Å². The molecule has 7 heterocycles. The summed E-state index contributed by atoms with van der Waals surface area (Å²) < 4.78 is 19.4. The van der Waals surface area contributed by atoms with Crippen LogP contribution in [0.15, 0.2) is 70.7 Å². The third kappa shape index (κ3) is 20.4. The van der Waals surface area contributed by atoms with Gasteiger partial charge >= 0.3 is 6.09 Å². The van der Waals surface area contributed by atoms with Crippen LogP contribution in [-0.4, -0.2) is 155 Å². The molecule has 0 radical (unpaired) electrons. The average molecular weight is 1580 g/mol. The van der Waals surface area contributed by atoms with Crippen LogP contribution in [0.25, 0.3) is 33.8 Å². The molecule has 4 fully saturated rings. The van der Waals surface area contributed by atoms with Gasteiger partial charge in [-0.2, -0.15) is 0 Å². The van der Waals surface area contributed by atoms with Crippen molar-refractivity contribution in [3.05, 3.63) is 119 Å². The Hall–Kier alpha value is -4.28. The van der Waals surface area contributed by atoms with E-state index in [2.05, 4.69) is 190 Å². The lowest BCUT2D eigenvalue weighted by molar-refractivity contribution is -0.0675. The van der Waals surface area contributed by atoms with E-state index in [0.29, 0.717) is 30.8 Å². The Bertz CT molecular complexity index is 4000. The summed E-state index contributed by atoms with van der Waals surface area (Å²) >= 11 is 5.51. The molecule has 110 heavy (non-hydrogen) atoms. The molecule has 3 aliphatic carbocycles. The number of carbonyl (C=O) groups is 1. The van der Waals surface area contributed by atoms with Crippen molar-refractivity contribution in [2.24, 2.45) is 5.73 Å². The number of amides is 1. The van der Waals surface area contributed by atoms with Crippen LogP contribution >= 0.6 is 34.0 Å². The zero-order chi connectivity index (χ0) is 79.6. The standard InChI is InChI=1S/C42H69N3O4SSi.C28H43N3O2S.C22H30N2S/c1-13-51(14-2,15-3)49-36(35-28-47-42(11,12)45(35)38(46)48-39(4,5)6)17-16-24-44-25-20-30(21-26-44)37-43-34(29-50-37)31-18-19-32-33(27-31)41(9,10)23-22-40(32,7)8;1-27(2)11-12-28(3,4)22-16-20(7-8-21(22)27)24-18-34-26(30-24)19-9-14-31(15-10-19)13-5-6-25(33)23(29)17-32;1-21(2)9-10-22(3,4)18-13-16(5-6-17(18)21)19-14-25-20(24-19)15-7-11-23-12-8-15/h18-19,27,29-30,35-36H,13-17,20-26,28H2,1-12H3;7-8,16,18-19,23,25,32-33H,5-6,9-15,17,29H2,1-4H3;5-6,13-15,23H,7-12H2,1-4H3/t35-,36+;23-,25+;/m00./s1. The van der Waals surface area contributed by atoms with E-state index in [1.165, 1.54) is 122 Å². The number of piperidine rings is 3. The van der Waals surface area contributed by atoms with Crippen LogP contribution in [-0.2, 0) is 46.4 Å². The highest BCUT2D eigenvalue weighted by molar-refractivity contribution is 7.10. The minimum absolute atomic E-state index is 0.0719. The second-order valence-corrected chi connectivity index (χ2v) is 46.7. The fourth-order valence-electron chi connectivity index (χ4n) is 18.7. The van der Waals surface area contributed by atoms with Gasteiger partial charge in [-0.3, -0.25) is 4.90 Å². The molecule has 4 saturated heterocycles. The summed E-state index contributed by atoms with van der Waals surface area (Å²) in [4.78, 5) is 35.9. The van der Waals surface area contributed by atoms with E-state index in [4.69, 9.17) is 39.7 Å². The number of thiazole rings is 3. The summed E-state index contributed by atoms with van der Waals surface area (Å²) in [6, 6.07) is 23.8. The summed E-state index contributed by atoms with van der Waals surface area (Å²) in [6.45, 7) is 54.1. The van der Waals surface area contributed by atoms with Gasteiger partial charge in [-0.15, -0.1) is 34.0 Å². The maximum absolute atomic E-state index is 13.6. The molecule has 6 aromatic rings. The van der Waals surface area contributed by atoms with Gasteiger partial charge < -0.3 is 45.0 Å². The molecule has 1 amide bonds. The van der Waals surface area contributed by atoms with E-state index >= 15 is 0 Å². The molecule has 3 aromatic carbocycles. The molecule has 4 aliphatic heterocycles. The van der Waals surface area contributed by atoms with Gasteiger partial charge in [-0.25, -0.2) is 19.7 Å². The quantitative estimate of drug-likeness (QED) is 0.0474. The zero-order valence-corrected chi connectivity index (χ0v) is 74.9. The van der Waals surface area contributed by atoms with Crippen molar-refractivity contribution in [1.29, 1.82) is 0 Å². The van der Waals surface area contributed by atoms with E-state index in [1.807, 2.05) is 73.5 Å². The molecule has 608 valence electrons. The van der Waals surface area contributed by atoms with Crippen LogP contribution in [0.5, 0.6) is 0 Å². The molecule has 5 N–H and O–H groups in total. The Morgan fingerprint density at radius 2 is 0.918 bits per heavy atom. The van der Waals surface area contributed by atoms with Crippen molar-refractivity contribution >= 4 is 48.4 Å². The van der Waals surface area contributed by atoms with Gasteiger partial charge in [0, 0.05) is 50.6 Å². The molecule has 14 nitrogen and oxygen atoms in total. The Kier molecular flexibility index (Phi) is 27.8. The highest BCUT2D eigenvalue weighted by Crippen LogP contribution is 2.51. The number of benzene rings is 3. The number of aliphatic hydroxyl groups excluding tert-OH is 2. The SMILES string of the molecule is CC1(C)CCC(C)(C)c2cc(-c3csc(C4CCN(CCC[C@@H](O)[C@@H](N)CO)CC4)n3)ccc21.CC1(C)CCC(C)(C)c2cc(-c3csc(C4CCNCC4)n3)ccc21.CC[Si](CC)(CC)O[C@H](CCCN1CCC(c2nc(-c3ccc4c(c3)C(C)(C)CCC4(C)C)cs2)CC1)[C@@H]1COC(C)(C)N1C(=O)OC(C)(C)C. The monoisotopic (exact) mass is 1580 g/mol. The molecule has 3 aromatic heterocycles. The average Bonchev–Trinajstić information content (AvgIpc) is 1.00. The van der Waals surface area contributed by atoms with Crippen molar-refractivity contribution < 1.29 is 28.9 Å². The number of hydrogen-bond acceptors (Lipinski definition) is 16. The van der Waals surface area contributed by atoms with E-state index < -0.39 is 31.8 Å². The van der Waals surface area contributed by atoms with Gasteiger partial charge in [0.05, 0.1) is 69.6 Å². The Balaban J connectivity index is 0.000000175. The fraction of sp³-hybridized carbons (Fsp3) is 0.696. The number of nitrogens with two attached hydrogens (primary N) is 1. The molecule has 0 unspecified atom stereocenters. The molecule has 13 rings (SSSR count). The third-order valence-electron chi connectivity index (χ3n) is 27.1. The second-order valence-electron chi connectivity index (χ2n) is 39.3. The maximum atomic E-state index is 13.6. The molecular formula is C92H142N8O6S3Si. The number of aliphatic hydroxyl groups is 2. The zero-order valence-electron chi connectivity index (χ0n) is 71.5. The van der Waals surface area contributed by atoms with Crippen molar-refractivity contribution in [2.45, 2.75) is 345 Å². The van der Waals surface area contributed by atoms with Crippen LogP contribution in [0, 0.1) is 0 Å². The van der Waals surface area contributed by atoms with Crippen LogP contribution in [0.2, 0.25) is 18.1 Å². The minimum Gasteiger partial charge on any atom is -0.444 e. The Labute approximate surface area is 677 Å². The number of hydrogen-bond donors (Lipinski definition) is 4. The molecule has 4 atom stereocenters. The van der Waals surface area contributed by atoms with Crippen molar-refractivity contribution in [1.82, 2.24) is 35.0 Å². The van der Waals surface area contributed by atoms with Crippen LogP contribution in [0.1, 0.15) is 307 Å². The third-order valence-corrected chi connectivity index (χ3v) is 34.8. The summed E-state index contributed by atoms with van der Waals surface area (Å²) in [5, 5.41) is 33.1. The van der Waals surface area contributed by atoms with Gasteiger partial charge in [-0.1, -0.05) is 140 Å². The number of carbonyl (C=O) groups excluding carboxylic acids is 1. The molecular weight excluding hydrogens is 1440 g/mol. The van der Waals surface area contributed by atoms with E-state index in [0.717, 1.165) is 127 Å². The second kappa shape index (κ2) is 35.3. The number of nitrogens with one attached hydrogen (secondary N) is 1. The molecule has 18 heteroatoms. The van der Waals surface area contributed by atoms with Crippen molar-refractivity contribution in [2.75, 3.05) is 65.6 Å². The topological polar surface area (TPSA) is 172 Å². The van der Waals surface area contributed by atoms with Gasteiger partial charge in [0.1, 0.15) is 11.3 Å². The lowest BCUT2D eigenvalue weighted by Crippen LogP contribution is -2.56. The number of fused-ring (bicyclic) bond motifs is 3. The van der Waals surface area contributed by atoms with Crippen molar-refractivity contribution in [3.63, 3.8) is 0 Å². The lowest BCUT2D eigenvalue weighted by atomic mass is 9.63. The number of rotatable bonds is 22. The van der Waals surface area contributed by atoms with Crippen LogP contribution in [0.4, 0.5) is 4.79 Å². The van der Waals surface area contributed by atoms with E-state index in [-0.39, 0.29) is 57.3 Å². The summed E-state index contributed by atoms with van der Waals surface area (Å²) in [6.07, 6.45) is 16.9. The fourth-order valence-corrected chi connectivity index (χ4v) is 24.7. The van der Waals surface area contributed by atoms with Crippen LogP contribution in [0.3, 0.4) is 0 Å². The molecule has 0 saturated carbocycles. The van der Waals surface area contributed by atoms with E-state index in [9.17, 15) is 9.90 Å². The number of nitrogens with zero attached hydrogens (tertiary/aromatic N) is 6. The Morgan fingerprint density at radius 1 is 0.564 bits per heavy atom. The number of aromatic nitrogens is 3. The highest BCUT2D eigenvalue weighted by atomic mass is 32.1. The predicted molar refractivity (Wildman–Crippen MR) is 464 cm³/mol. The Morgan fingerprint density at radius 3 is 1.27 bits per heavy atom. The lowest BCUT2D eigenvalue weighted by Gasteiger charge is -2.42. The normalized spacial score (nSPS) is 22.6. The van der Waals surface area contributed by atoms with Crippen molar-refractivity contribution in [3.8, 4) is 33.8 Å². The first-order valence-corrected chi connectivity index (χ1v) is 47.8. The first kappa shape index (κ1) is 86.6. The van der Waals surface area contributed by atoms with Gasteiger partial charge in [0.2, 0.25) is 0 Å². The molecule has 7 aliphatic rings. The van der Waals surface area contributed by atoms with Gasteiger partial charge in [0.25, 0.3) is 0 Å². The summed E-state index contributed by atoms with van der Waals surface area (Å²) in [5.74, 6) is 1.71. The first-order chi connectivity index (χ1) is 51.8. The number of likely N-dealkylation sites (tertiary alicyclic amines) is 2. The minimum atomic E-state index is -1.94. The van der Waals surface area contributed by atoms with Crippen LogP contribution < -0.4 is 11.1 Å². The largest absolute Gasteiger partial charge is 0.444 e. The van der Waals surface area contributed by atoms with Gasteiger partial charge in [-0.05, 0) is 292 Å². The smallest absolute Gasteiger partial charge is 0.412 e. The summed E-state index contributed by atoms with van der Waals surface area (Å²) in [5.41, 5.74) is 22.1. The van der Waals surface area contributed by atoms with E-state index in [1.54, 1.807) is 0 Å². The first-order valence-electron chi connectivity index (χ1n) is 42.7. The molecule has 0 spiro atoms. The summed E-state index contributed by atoms with van der Waals surface area (Å²) in [7, 11) is -1.94. The maximum Gasteiger partial charge on any atom is 0.412 e. The molecule has 0 bridgehead atoms. The number of ether oxygens (including phenoxy) is 2. The predicted octanol–water partition coefficient (Wildman–Crippen LogP) is 21.3. The highest BCUT2D eigenvalue weighted by Gasteiger charge is 2.51.